The van der Waals surface area contributed by atoms with Gasteiger partial charge in [-0.15, -0.1) is 0 Å². The van der Waals surface area contributed by atoms with E-state index in [4.69, 9.17) is 0 Å². The molecule has 0 saturated heterocycles. The molecule has 0 bridgehead atoms. The van der Waals surface area contributed by atoms with Gasteiger partial charge in [0, 0.05) is 6.07 Å². The van der Waals surface area contributed by atoms with Crippen molar-refractivity contribution in [3.8, 4) is 0 Å². The molecule has 0 radical (unpaired) electrons. The number of hydrogen-bond acceptors (Lipinski definition) is 4. The van der Waals surface area contributed by atoms with Gasteiger partial charge in [0.15, 0.2) is 0 Å². The Morgan fingerprint density at radius 1 is 1.35 bits per heavy atom. The Morgan fingerprint density at radius 3 is 2.53 bits per heavy atom. The van der Waals surface area contributed by atoms with Crippen molar-refractivity contribution < 1.29 is 14.3 Å². The van der Waals surface area contributed by atoms with Crippen LogP contribution in [-0.2, 0) is 9.53 Å². The number of esters is 1. The monoisotopic (exact) mass is 238 g/mol. The lowest BCUT2D eigenvalue weighted by Crippen LogP contribution is -2.50. The number of nitrogens with one attached hydrogen (secondary N) is 2. The highest BCUT2D eigenvalue weighted by molar-refractivity contribution is 5.96. The maximum atomic E-state index is 11.7. The van der Waals surface area contributed by atoms with Crippen molar-refractivity contribution in [2.75, 3.05) is 7.11 Å². The van der Waals surface area contributed by atoms with E-state index in [9.17, 15) is 14.4 Å². The highest BCUT2D eigenvalue weighted by atomic mass is 16.5. The van der Waals surface area contributed by atoms with Gasteiger partial charge in [0.2, 0.25) is 5.56 Å². The van der Waals surface area contributed by atoms with Crippen LogP contribution in [0.1, 0.15) is 24.3 Å². The number of hydrogen-bond donors (Lipinski definition) is 2. The Balaban J connectivity index is 2.86. The molecule has 1 aromatic rings. The van der Waals surface area contributed by atoms with E-state index in [0.717, 1.165) is 0 Å². The summed E-state index contributed by atoms with van der Waals surface area (Å²) in [6, 6.07) is 4.20. The molecule has 0 unspecified atom stereocenters. The molecular formula is C11H14N2O4. The van der Waals surface area contributed by atoms with Crippen LogP contribution in [0.15, 0.2) is 23.0 Å². The number of methoxy groups -OCH3 is 1. The van der Waals surface area contributed by atoms with E-state index in [2.05, 4.69) is 15.0 Å². The van der Waals surface area contributed by atoms with Gasteiger partial charge in [0.25, 0.3) is 5.91 Å². The molecule has 1 rings (SSSR count). The Labute approximate surface area is 98.0 Å². The third-order valence-corrected chi connectivity index (χ3v) is 2.13. The first-order chi connectivity index (χ1) is 7.86. The fourth-order valence-electron chi connectivity index (χ4n) is 1.24. The first-order valence-electron chi connectivity index (χ1n) is 4.97. The first kappa shape index (κ1) is 13.0. The minimum absolute atomic E-state index is 0.0921. The third kappa shape index (κ3) is 3.17. The molecule has 0 fully saturated rings. The minimum atomic E-state index is -1.15. The van der Waals surface area contributed by atoms with Crippen molar-refractivity contribution in [2.24, 2.45) is 0 Å². The van der Waals surface area contributed by atoms with Gasteiger partial charge in [0.05, 0.1) is 7.11 Å². The number of carbonyl (C=O) groups is 2. The smallest absolute Gasteiger partial charge is 0.330 e. The molecule has 6 nitrogen and oxygen atoms in total. The van der Waals surface area contributed by atoms with Gasteiger partial charge in [0.1, 0.15) is 11.2 Å². The van der Waals surface area contributed by atoms with Crippen molar-refractivity contribution in [1.29, 1.82) is 0 Å². The van der Waals surface area contributed by atoms with E-state index in [1.54, 1.807) is 0 Å². The van der Waals surface area contributed by atoms with Crippen LogP contribution in [-0.4, -0.2) is 29.5 Å². The van der Waals surface area contributed by atoms with E-state index >= 15 is 0 Å². The fraction of sp³-hybridized carbons (Fsp3) is 0.364. The second kappa shape index (κ2) is 4.82. The van der Waals surface area contributed by atoms with Crippen LogP contribution >= 0.6 is 0 Å². The lowest BCUT2D eigenvalue weighted by Gasteiger charge is -2.22. The molecular weight excluding hydrogens is 224 g/mol. The standard InChI is InChI=1S/C11H14N2O4/c1-11(2,10(16)17-3)13-9(15)7-5-4-6-8(14)12-7/h4-6H,1-3H3,(H,12,14)(H,13,15). The van der Waals surface area contributed by atoms with Gasteiger partial charge in [-0.05, 0) is 19.9 Å². The largest absolute Gasteiger partial charge is 0.467 e. The van der Waals surface area contributed by atoms with Crippen molar-refractivity contribution >= 4 is 11.9 Å². The number of amides is 1. The molecule has 0 saturated carbocycles. The molecule has 6 heteroatoms. The normalized spacial score (nSPS) is 10.8. The summed E-state index contributed by atoms with van der Waals surface area (Å²) in [6.07, 6.45) is 0. The van der Waals surface area contributed by atoms with E-state index < -0.39 is 17.4 Å². The second-order valence-corrected chi connectivity index (χ2v) is 4.00. The van der Waals surface area contributed by atoms with Crippen molar-refractivity contribution in [3.05, 3.63) is 34.2 Å². The summed E-state index contributed by atoms with van der Waals surface area (Å²) in [6.45, 7) is 3.02. The summed E-state index contributed by atoms with van der Waals surface area (Å²) < 4.78 is 4.55. The minimum Gasteiger partial charge on any atom is -0.467 e. The topological polar surface area (TPSA) is 88.3 Å². The summed E-state index contributed by atoms with van der Waals surface area (Å²) >= 11 is 0. The summed E-state index contributed by atoms with van der Waals surface area (Å²) in [5, 5.41) is 2.47. The zero-order valence-electron chi connectivity index (χ0n) is 9.87. The second-order valence-electron chi connectivity index (χ2n) is 4.00. The van der Waals surface area contributed by atoms with Crippen LogP contribution in [0.2, 0.25) is 0 Å². The van der Waals surface area contributed by atoms with Crippen LogP contribution < -0.4 is 10.9 Å². The Kier molecular flexibility index (Phi) is 3.67. The van der Waals surface area contributed by atoms with Crippen LogP contribution in [0.25, 0.3) is 0 Å². The number of carbonyl (C=O) groups excluding carboxylic acids is 2. The number of aromatic nitrogens is 1. The molecule has 1 amide bonds. The van der Waals surface area contributed by atoms with Gasteiger partial charge in [-0.3, -0.25) is 9.59 Å². The quantitative estimate of drug-likeness (QED) is 0.728. The number of H-pyrrole nitrogens is 1. The molecule has 0 aliphatic heterocycles. The Morgan fingerprint density at radius 2 is 2.00 bits per heavy atom. The highest BCUT2D eigenvalue weighted by Gasteiger charge is 2.30. The lowest BCUT2D eigenvalue weighted by molar-refractivity contribution is -0.146. The van der Waals surface area contributed by atoms with Crippen molar-refractivity contribution in [1.82, 2.24) is 10.3 Å². The highest BCUT2D eigenvalue weighted by Crippen LogP contribution is 2.05. The molecule has 0 aromatic carbocycles. The summed E-state index contributed by atoms with van der Waals surface area (Å²) in [5.74, 6) is -1.11. The summed E-state index contributed by atoms with van der Waals surface area (Å²) in [4.78, 5) is 36.5. The predicted molar refractivity (Wildman–Crippen MR) is 60.6 cm³/mol. The maximum absolute atomic E-state index is 11.7. The zero-order chi connectivity index (χ0) is 13.1. The van der Waals surface area contributed by atoms with Crippen molar-refractivity contribution in [3.63, 3.8) is 0 Å². The van der Waals surface area contributed by atoms with Gasteiger partial charge in [-0.1, -0.05) is 6.07 Å². The molecule has 0 atom stereocenters. The fourth-order valence-corrected chi connectivity index (χ4v) is 1.24. The number of pyridine rings is 1. The number of aromatic amines is 1. The van der Waals surface area contributed by atoms with Crippen LogP contribution in [0.3, 0.4) is 0 Å². The molecule has 0 spiro atoms. The van der Waals surface area contributed by atoms with E-state index in [-0.39, 0.29) is 11.3 Å². The molecule has 1 heterocycles. The molecule has 2 N–H and O–H groups in total. The van der Waals surface area contributed by atoms with Crippen LogP contribution in [0.5, 0.6) is 0 Å². The first-order valence-corrected chi connectivity index (χ1v) is 4.97. The average Bonchev–Trinajstić information content (AvgIpc) is 2.27. The third-order valence-electron chi connectivity index (χ3n) is 2.13. The Bertz CT molecular complexity index is 490. The lowest BCUT2D eigenvalue weighted by atomic mass is 10.1. The van der Waals surface area contributed by atoms with E-state index in [1.165, 1.54) is 39.2 Å². The van der Waals surface area contributed by atoms with Gasteiger partial charge < -0.3 is 15.0 Å². The Hall–Kier alpha value is -2.11. The molecule has 0 aliphatic carbocycles. The van der Waals surface area contributed by atoms with Gasteiger partial charge >= 0.3 is 5.97 Å². The van der Waals surface area contributed by atoms with E-state index in [1.807, 2.05) is 0 Å². The molecule has 17 heavy (non-hydrogen) atoms. The SMILES string of the molecule is COC(=O)C(C)(C)NC(=O)c1cccc(=O)[nH]1. The summed E-state index contributed by atoms with van der Waals surface area (Å²) in [5.41, 5.74) is -1.44. The predicted octanol–water partition coefficient (Wildman–Crippen LogP) is 0.0563. The molecule has 92 valence electrons. The number of rotatable bonds is 3. The summed E-state index contributed by atoms with van der Waals surface area (Å²) in [7, 11) is 1.24. The van der Waals surface area contributed by atoms with Gasteiger partial charge in [-0.2, -0.15) is 0 Å². The van der Waals surface area contributed by atoms with Crippen LogP contribution in [0.4, 0.5) is 0 Å². The average molecular weight is 238 g/mol. The van der Waals surface area contributed by atoms with E-state index in [0.29, 0.717) is 0 Å². The van der Waals surface area contributed by atoms with Gasteiger partial charge in [-0.25, -0.2) is 4.79 Å². The van der Waals surface area contributed by atoms with Crippen LogP contribution in [0, 0.1) is 0 Å². The molecule has 1 aromatic heterocycles. The zero-order valence-corrected chi connectivity index (χ0v) is 9.87. The number of ether oxygens (including phenoxy) is 1. The van der Waals surface area contributed by atoms with Crippen molar-refractivity contribution in [2.45, 2.75) is 19.4 Å². The molecule has 0 aliphatic rings. The maximum Gasteiger partial charge on any atom is 0.330 e.